The van der Waals surface area contributed by atoms with E-state index in [9.17, 15) is 5.11 Å². The van der Waals surface area contributed by atoms with E-state index in [1.54, 1.807) is 0 Å². The minimum atomic E-state index is -0.556. The molecular formula is C27H34Cl2NOPTi. The van der Waals surface area contributed by atoms with Crippen LogP contribution in [0.2, 0.25) is 0 Å². The third kappa shape index (κ3) is 8.02. The van der Waals surface area contributed by atoms with Gasteiger partial charge in [0.2, 0.25) is 0 Å². The van der Waals surface area contributed by atoms with Gasteiger partial charge in [0.25, 0.3) is 0 Å². The minimum absolute atomic E-state index is 0.0506. The zero-order valence-corrected chi connectivity index (χ0v) is 24.4. The van der Waals surface area contributed by atoms with Gasteiger partial charge < -0.3 is 10.0 Å². The Kier molecular flexibility index (Phi) is 11.3. The molecule has 0 aliphatic heterocycles. The van der Waals surface area contributed by atoms with E-state index in [0.717, 1.165) is 24.0 Å². The molecular weight excluding hydrogens is 504 g/mol. The SMILES string of the molecule is CCN(Cc1ccccc1)c1cccc(C)c1Pc1cc(C(C)(C)C)cc(C)c1O.[Cl][Ti][Cl]. The van der Waals surface area contributed by atoms with Gasteiger partial charge in [-0.15, -0.1) is 0 Å². The van der Waals surface area contributed by atoms with Crippen molar-refractivity contribution in [3.05, 3.63) is 82.9 Å². The summed E-state index contributed by atoms with van der Waals surface area (Å²) < 4.78 is 0. The van der Waals surface area contributed by atoms with Crippen molar-refractivity contribution < 1.29 is 22.1 Å². The van der Waals surface area contributed by atoms with Gasteiger partial charge in [-0.25, -0.2) is 0 Å². The van der Waals surface area contributed by atoms with Crippen LogP contribution in [0.4, 0.5) is 5.69 Å². The van der Waals surface area contributed by atoms with Gasteiger partial charge in [0.1, 0.15) is 5.75 Å². The van der Waals surface area contributed by atoms with Gasteiger partial charge in [-0.1, -0.05) is 77.9 Å². The van der Waals surface area contributed by atoms with Gasteiger partial charge in [-0.2, -0.15) is 0 Å². The molecule has 0 fully saturated rings. The van der Waals surface area contributed by atoms with Crippen molar-refractivity contribution in [3.63, 3.8) is 0 Å². The van der Waals surface area contributed by atoms with Gasteiger partial charge in [0, 0.05) is 29.4 Å². The zero-order chi connectivity index (χ0) is 24.6. The van der Waals surface area contributed by atoms with Crippen LogP contribution in [-0.4, -0.2) is 11.7 Å². The molecule has 0 radical (unpaired) electrons. The Morgan fingerprint density at radius 2 is 1.58 bits per heavy atom. The Bertz CT molecular complexity index is 1040. The number of phenolic OH excluding ortho intramolecular Hbond substituents is 1. The molecule has 0 aliphatic carbocycles. The average molecular weight is 538 g/mol. The molecule has 1 unspecified atom stereocenters. The Labute approximate surface area is 218 Å². The average Bonchev–Trinajstić information content (AvgIpc) is 2.77. The summed E-state index contributed by atoms with van der Waals surface area (Å²) in [5.74, 6) is 0.432. The molecule has 0 aliphatic rings. The molecule has 0 saturated heterocycles. The van der Waals surface area contributed by atoms with Crippen LogP contribution in [0.25, 0.3) is 0 Å². The van der Waals surface area contributed by atoms with Crippen molar-refractivity contribution in [2.24, 2.45) is 0 Å². The molecule has 0 amide bonds. The van der Waals surface area contributed by atoms with Crippen molar-refractivity contribution in [3.8, 4) is 5.75 Å². The number of halogens is 2. The van der Waals surface area contributed by atoms with Crippen LogP contribution in [0.15, 0.2) is 60.7 Å². The third-order valence-electron chi connectivity index (χ3n) is 5.62. The number of phenols is 1. The molecule has 6 heteroatoms. The van der Waals surface area contributed by atoms with E-state index >= 15 is 0 Å². The number of hydrogen-bond donors (Lipinski definition) is 1. The molecule has 3 rings (SSSR count). The number of benzene rings is 3. The normalized spacial score (nSPS) is 11.3. The van der Waals surface area contributed by atoms with Crippen LogP contribution in [0.1, 0.15) is 49.9 Å². The summed E-state index contributed by atoms with van der Waals surface area (Å²) in [6, 6.07) is 21.5. The van der Waals surface area contributed by atoms with E-state index in [4.69, 9.17) is 18.6 Å². The number of hydrogen-bond acceptors (Lipinski definition) is 2. The van der Waals surface area contributed by atoms with Crippen molar-refractivity contribution >= 4 is 43.5 Å². The van der Waals surface area contributed by atoms with Crippen molar-refractivity contribution in [2.45, 2.75) is 53.5 Å². The summed E-state index contributed by atoms with van der Waals surface area (Å²) in [7, 11) is 10.2. The van der Waals surface area contributed by atoms with Gasteiger partial charge in [0.05, 0.1) is 0 Å². The Morgan fingerprint density at radius 1 is 0.939 bits per heavy atom. The second-order valence-corrected chi connectivity index (χ2v) is 13.0. The van der Waals surface area contributed by atoms with E-state index in [0.29, 0.717) is 14.3 Å². The summed E-state index contributed by atoms with van der Waals surface area (Å²) in [6.45, 7) is 14.9. The fourth-order valence-corrected chi connectivity index (χ4v) is 5.15. The summed E-state index contributed by atoms with van der Waals surface area (Å²) in [4.78, 5) is 2.43. The standard InChI is InChI=1S/C27H34NOP.2ClH.Ti/c1-7-28(18-21-13-9-8-10-14-21)23-15-11-12-19(2)26(23)30-24-17-22(27(4,5)6)16-20(3)25(24)29;;;/h8-17,29-30H,7,18H2,1-6H3;2*1H;/q;;;+2/p-2. The number of anilines is 1. The van der Waals surface area contributed by atoms with Crippen LogP contribution in [0.3, 0.4) is 0 Å². The van der Waals surface area contributed by atoms with Crippen LogP contribution in [0.5, 0.6) is 5.75 Å². The number of aromatic hydroxyl groups is 1. The Balaban J connectivity index is 0.00000122. The molecule has 0 aromatic heterocycles. The first kappa shape index (κ1) is 28.2. The summed E-state index contributed by atoms with van der Waals surface area (Å²) in [6.07, 6.45) is 0. The van der Waals surface area contributed by atoms with E-state index in [-0.39, 0.29) is 5.41 Å². The molecule has 3 aromatic rings. The first-order valence-corrected chi connectivity index (χ1v) is 16.4. The summed E-state index contributed by atoms with van der Waals surface area (Å²) >= 11 is -0.556. The van der Waals surface area contributed by atoms with Crippen molar-refractivity contribution in [1.82, 2.24) is 0 Å². The van der Waals surface area contributed by atoms with E-state index in [1.807, 2.05) is 6.92 Å². The summed E-state index contributed by atoms with van der Waals surface area (Å²) in [5, 5.41) is 13.2. The molecule has 1 atom stereocenters. The van der Waals surface area contributed by atoms with Gasteiger partial charge in [-0.3, -0.25) is 0 Å². The summed E-state index contributed by atoms with van der Waals surface area (Å²) in [5.41, 5.74) is 6.12. The van der Waals surface area contributed by atoms with Gasteiger partial charge in [-0.05, 0) is 60.6 Å². The fourth-order valence-electron chi connectivity index (χ4n) is 3.69. The zero-order valence-electron chi connectivity index (χ0n) is 20.3. The Hall–Kier alpha value is -1.02. The first-order chi connectivity index (χ1) is 15.6. The predicted molar refractivity (Wildman–Crippen MR) is 145 cm³/mol. The maximum atomic E-state index is 10.9. The second kappa shape index (κ2) is 13.2. The molecule has 33 heavy (non-hydrogen) atoms. The van der Waals surface area contributed by atoms with E-state index in [1.165, 1.54) is 27.7 Å². The van der Waals surface area contributed by atoms with Crippen molar-refractivity contribution in [2.75, 3.05) is 11.4 Å². The van der Waals surface area contributed by atoms with Crippen LogP contribution in [0, 0.1) is 13.8 Å². The van der Waals surface area contributed by atoms with E-state index in [2.05, 4.69) is 100 Å². The molecule has 3 aromatic carbocycles. The van der Waals surface area contributed by atoms with Gasteiger partial charge >= 0.3 is 35.6 Å². The molecule has 2 nitrogen and oxygen atoms in total. The van der Waals surface area contributed by atoms with Crippen LogP contribution in [-0.2, 0) is 29.0 Å². The fraction of sp³-hybridized carbons (Fsp3) is 0.333. The quantitative estimate of drug-likeness (QED) is 0.262. The predicted octanol–water partition coefficient (Wildman–Crippen LogP) is 7.34. The second-order valence-electron chi connectivity index (χ2n) is 9.10. The van der Waals surface area contributed by atoms with E-state index < -0.39 is 17.0 Å². The van der Waals surface area contributed by atoms with Crippen LogP contribution < -0.4 is 15.5 Å². The molecule has 176 valence electrons. The number of nitrogens with zero attached hydrogens (tertiary/aromatic N) is 1. The maximum absolute atomic E-state index is 10.9. The molecule has 0 spiro atoms. The number of aryl methyl sites for hydroxylation is 2. The topological polar surface area (TPSA) is 23.5 Å². The Morgan fingerprint density at radius 3 is 2.15 bits per heavy atom. The monoisotopic (exact) mass is 537 g/mol. The molecule has 1 N–H and O–H groups in total. The first-order valence-electron chi connectivity index (χ1n) is 11.1. The van der Waals surface area contributed by atoms with Gasteiger partial charge in [0.15, 0.2) is 0 Å². The third-order valence-corrected chi connectivity index (χ3v) is 7.17. The molecule has 0 heterocycles. The molecule has 0 saturated carbocycles. The number of rotatable bonds is 6. The van der Waals surface area contributed by atoms with Crippen LogP contribution >= 0.6 is 27.2 Å². The molecule has 0 bridgehead atoms. The van der Waals surface area contributed by atoms with Crippen molar-refractivity contribution in [1.29, 1.82) is 0 Å².